The molecule has 0 amide bonds. The van der Waals surface area contributed by atoms with Gasteiger partial charge in [-0.3, -0.25) is 0 Å². The van der Waals surface area contributed by atoms with E-state index < -0.39 is 0 Å². The van der Waals surface area contributed by atoms with Gasteiger partial charge in [-0.05, 0) is 53.7 Å². The maximum atomic E-state index is 13.0. The normalized spacial score (nSPS) is 17.7. The van der Waals surface area contributed by atoms with Gasteiger partial charge in [0.05, 0.1) is 10.6 Å². The summed E-state index contributed by atoms with van der Waals surface area (Å²) in [6, 6.07) is 4.56. The lowest BCUT2D eigenvalue weighted by Gasteiger charge is -2.23. The fraction of sp³-hybridized carbons (Fsp3) is 0.500. The van der Waals surface area contributed by atoms with Crippen LogP contribution >= 0.6 is 15.9 Å². The summed E-state index contributed by atoms with van der Waals surface area (Å²) >= 11 is 3.37. The van der Waals surface area contributed by atoms with Crippen molar-refractivity contribution >= 4 is 15.9 Å². The van der Waals surface area contributed by atoms with Crippen LogP contribution in [0, 0.1) is 5.82 Å². The smallest absolute Gasteiger partial charge is 0.136 e. The van der Waals surface area contributed by atoms with Gasteiger partial charge < -0.3 is 4.74 Å². The van der Waals surface area contributed by atoms with E-state index in [0.29, 0.717) is 5.75 Å². The summed E-state index contributed by atoms with van der Waals surface area (Å²) in [6.45, 7) is 0. The first-order chi connectivity index (χ1) is 7.25. The Morgan fingerprint density at radius 3 is 2.67 bits per heavy atom. The number of hydrogen-bond acceptors (Lipinski definition) is 1. The molecule has 2 rings (SSSR count). The summed E-state index contributed by atoms with van der Waals surface area (Å²) in [5.74, 6) is 0.380. The van der Waals surface area contributed by atoms with Gasteiger partial charge in [-0.1, -0.05) is 6.42 Å². The van der Waals surface area contributed by atoms with Gasteiger partial charge in [0.2, 0.25) is 0 Å². The molecule has 1 saturated carbocycles. The molecule has 3 heteroatoms. The molecular formula is C12H14BrFO. The number of ether oxygens (including phenoxy) is 1. The zero-order valence-corrected chi connectivity index (χ0v) is 10.1. The van der Waals surface area contributed by atoms with Crippen LogP contribution in [0.25, 0.3) is 0 Å². The molecule has 0 unspecified atom stereocenters. The number of hydrogen-bond donors (Lipinski definition) is 0. The van der Waals surface area contributed by atoms with Crippen LogP contribution in [0.1, 0.15) is 32.1 Å². The number of rotatable bonds is 2. The van der Waals surface area contributed by atoms with Crippen molar-refractivity contribution in [2.45, 2.75) is 38.2 Å². The quantitative estimate of drug-likeness (QED) is 0.780. The number of halogens is 2. The first-order valence-electron chi connectivity index (χ1n) is 5.37. The fourth-order valence-electron chi connectivity index (χ4n) is 1.93. The Morgan fingerprint density at radius 2 is 1.93 bits per heavy atom. The van der Waals surface area contributed by atoms with E-state index in [2.05, 4.69) is 15.9 Å². The molecule has 1 nitrogen and oxygen atoms in total. The maximum Gasteiger partial charge on any atom is 0.136 e. The molecule has 1 aromatic carbocycles. The Morgan fingerprint density at radius 1 is 1.20 bits per heavy atom. The average Bonchev–Trinajstić information content (AvgIpc) is 2.25. The lowest BCUT2D eigenvalue weighted by Crippen LogP contribution is -2.19. The average molecular weight is 273 g/mol. The molecule has 1 aromatic rings. The third-order valence-corrected chi connectivity index (χ3v) is 3.39. The van der Waals surface area contributed by atoms with Crippen molar-refractivity contribution in [3.05, 3.63) is 28.5 Å². The molecule has 1 aliphatic carbocycles. The van der Waals surface area contributed by atoms with E-state index in [-0.39, 0.29) is 11.9 Å². The van der Waals surface area contributed by atoms with E-state index in [0.717, 1.165) is 17.3 Å². The molecule has 0 bridgehead atoms. The van der Waals surface area contributed by atoms with Gasteiger partial charge in [-0.15, -0.1) is 0 Å². The van der Waals surface area contributed by atoms with Gasteiger partial charge in [0.25, 0.3) is 0 Å². The van der Waals surface area contributed by atoms with E-state index in [1.54, 1.807) is 6.07 Å². The van der Waals surface area contributed by atoms with Crippen molar-refractivity contribution in [3.8, 4) is 5.75 Å². The fourth-order valence-corrected chi connectivity index (χ4v) is 2.27. The highest BCUT2D eigenvalue weighted by Crippen LogP contribution is 2.29. The van der Waals surface area contributed by atoms with Crippen molar-refractivity contribution in [3.63, 3.8) is 0 Å². The standard InChI is InChI=1S/C12H14BrFO/c13-11-7-6-9(14)8-12(11)15-10-4-2-1-3-5-10/h6-8,10H,1-5H2. The molecular weight excluding hydrogens is 259 g/mol. The summed E-state index contributed by atoms with van der Waals surface area (Å²) < 4.78 is 19.6. The molecule has 0 atom stereocenters. The van der Waals surface area contributed by atoms with E-state index in [1.165, 1.54) is 31.4 Å². The summed E-state index contributed by atoms with van der Waals surface area (Å²) in [5.41, 5.74) is 0. The predicted octanol–water partition coefficient (Wildman–Crippen LogP) is 4.30. The van der Waals surface area contributed by atoms with E-state index in [4.69, 9.17) is 4.74 Å². The van der Waals surface area contributed by atoms with Crippen LogP contribution in [-0.2, 0) is 0 Å². The first kappa shape index (κ1) is 10.9. The molecule has 1 aliphatic rings. The summed E-state index contributed by atoms with van der Waals surface area (Å²) in [4.78, 5) is 0. The minimum atomic E-state index is -0.246. The second kappa shape index (κ2) is 4.97. The Balaban J connectivity index is 2.05. The Hall–Kier alpha value is -0.570. The highest BCUT2D eigenvalue weighted by Gasteiger charge is 2.16. The molecule has 0 radical (unpaired) electrons. The molecule has 0 N–H and O–H groups in total. The Labute approximate surface area is 97.8 Å². The van der Waals surface area contributed by atoms with Crippen LogP contribution in [0.3, 0.4) is 0 Å². The van der Waals surface area contributed by atoms with Crippen molar-refractivity contribution in [1.82, 2.24) is 0 Å². The van der Waals surface area contributed by atoms with E-state index in [1.807, 2.05) is 0 Å². The van der Waals surface area contributed by atoms with Crippen LogP contribution < -0.4 is 4.74 Å². The molecule has 0 aromatic heterocycles. The lowest BCUT2D eigenvalue weighted by molar-refractivity contribution is 0.153. The lowest BCUT2D eigenvalue weighted by atomic mass is 9.98. The topological polar surface area (TPSA) is 9.23 Å². The summed E-state index contributed by atoms with van der Waals surface area (Å²) in [5, 5.41) is 0. The van der Waals surface area contributed by atoms with E-state index >= 15 is 0 Å². The zero-order chi connectivity index (χ0) is 10.7. The van der Waals surface area contributed by atoms with Crippen molar-refractivity contribution < 1.29 is 9.13 Å². The second-order valence-corrected chi connectivity index (χ2v) is 4.81. The van der Waals surface area contributed by atoms with Gasteiger partial charge in [0.15, 0.2) is 0 Å². The third-order valence-electron chi connectivity index (χ3n) is 2.74. The molecule has 0 heterocycles. The molecule has 0 saturated heterocycles. The van der Waals surface area contributed by atoms with Crippen LogP contribution in [0.5, 0.6) is 5.75 Å². The molecule has 0 aliphatic heterocycles. The van der Waals surface area contributed by atoms with Crippen molar-refractivity contribution in [2.24, 2.45) is 0 Å². The van der Waals surface area contributed by atoms with Crippen LogP contribution in [0.15, 0.2) is 22.7 Å². The minimum absolute atomic E-state index is 0.246. The SMILES string of the molecule is Fc1ccc(Br)c(OC2CCCCC2)c1. The van der Waals surface area contributed by atoms with Crippen molar-refractivity contribution in [1.29, 1.82) is 0 Å². The van der Waals surface area contributed by atoms with Gasteiger partial charge in [0.1, 0.15) is 11.6 Å². The van der Waals surface area contributed by atoms with E-state index in [9.17, 15) is 4.39 Å². The molecule has 15 heavy (non-hydrogen) atoms. The first-order valence-corrected chi connectivity index (χ1v) is 6.17. The monoisotopic (exact) mass is 272 g/mol. The predicted molar refractivity (Wildman–Crippen MR) is 61.6 cm³/mol. The van der Waals surface area contributed by atoms with Crippen LogP contribution in [0.2, 0.25) is 0 Å². The largest absolute Gasteiger partial charge is 0.489 e. The Kier molecular flexibility index (Phi) is 3.62. The highest BCUT2D eigenvalue weighted by atomic mass is 79.9. The van der Waals surface area contributed by atoms with Gasteiger partial charge in [-0.25, -0.2) is 4.39 Å². The summed E-state index contributed by atoms with van der Waals surface area (Å²) in [6.07, 6.45) is 6.17. The van der Waals surface area contributed by atoms with Crippen molar-refractivity contribution in [2.75, 3.05) is 0 Å². The Bertz CT molecular complexity index is 334. The second-order valence-electron chi connectivity index (χ2n) is 3.95. The molecule has 1 fully saturated rings. The van der Waals surface area contributed by atoms with Gasteiger partial charge in [-0.2, -0.15) is 0 Å². The van der Waals surface area contributed by atoms with Crippen LogP contribution in [-0.4, -0.2) is 6.10 Å². The molecule has 0 spiro atoms. The minimum Gasteiger partial charge on any atom is -0.489 e. The summed E-state index contributed by atoms with van der Waals surface area (Å²) in [7, 11) is 0. The maximum absolute atomic E-state index is 13.0. The molecule has 82 valence electrons. The van der Waals surface area contributed by atoms with Crippen LogP contribution in [0.4, 0.5) is 4.39 Å². The third kappa shape index (κ3) is 2.94. The zero-order valence-electron chi connectivity index (χ0n) is 8.51. The van der Waals surface area contributed by atoms with Gasteiger partial charge in [0, 0.05) is 6.07 Å². The van der Waals surface area contributed by atoms with Gasteiger partial charge >= 0.3 is 0 Å². The number of benzene rings is 1. The highest BCUT2D eigenvalue weighted by molar-refractivity contribution is 9.10.